The van der Waals surface area contributed by atoms with Crippen LogP contribution in [0, 0.1) is 6.92 Å². The Kier molecular flexibility index (Phi) is 7.11. The van der Waals surface area contributed by atoms with Crippen molar-refractivity contribution in [2.75, 3.05) is 5.32 Å². The molecule has 0 aliphatic rings. The standard InChI is InChI=1S/C21H25N3O3/c1-4-15(3)23-20(26)21(27)24-18-12-8-7-11-17(18)19(25)22-13-16-10-6-5-9-14(16)2/h5-12,15H,4,13H2,1-3H3,(H,22,25)(H,23,26)(H,24,27)/t15-/m0/s1. The van der Waals surface area contributed by atoms with E-state index in [4.69, 9.17) is 0 Å². The summed E-state index contributed by atoms with van der Waals surface area (Å²) in [7, 11) is 0. The molecule has 0 aliphatic carbocycles. The molecule has 3 N–H and O–H groups in total. The van der Waals surface area contributed by atoms with Gasteiger partial charge in [0.2, 0.25) is 0 Å². The average Bonchev–Trinajstić information content (AvgIpc) is 2.67. The van der Waals surface area contributed by atoms with E-state index in [1.165, 1.54) is 0 Å². The lowest BCUT2D eigenvalue weighted by molar-refractivity contribution is -0.136. The van der Waals surface area contributed by atoms with Crippen molar-refractivity contribution in [1.82, 2.24) is 10.6 Å². The molecule has 6 nitrogen and oxygen atoms in total. The van der Waals surface area contributed by atoms with Crippen molar-refractivity contribution in [3.8, 4) is 0 Å². The molecule has 0 saturated carbocycles. The normalized spacial score (nSPS) is 11.4. The van der Waals surface area contributed by atoms with Gasteiger partial charge in [0.15, 0.2) is 0 Å². The first kappa shape index (κ1) is 20.2. The van der Waals surface area contributed by atoms with E-state index in [0.29, 0.717) is 17.8 Å². The highest BCUT2D eigenvalue weighted by Crippen LogP contribution is 2.15. The van der Waals surface area contributed by atoms with Crippen LogP contribution < -0.4 is 16.0 Å². The zero-order valence-corrected chi connectivity index (χ0v) is 15.8. The molecule has 0 unspecified atom stereocenters. The van der Waals surface area contributed by atoms with Crippen molar-refractivity contribution < 1.29 is 14.4 Å². The van der Waals surface area contributed by atoms with Gasteiger partial charge < -0.3 is 16.0 Å². The van der Waals surface area contributed by atoms with Crippen molar-refractivity contribution in [3.63, 3.8) is 0 Å². The van der Waals surface area contributed by atoms with Gasteiger partial charge in [-0.1, -0.05) is 43.3 Å². The Morgan fingerprint density at radius 2 is 1.63 bits per heavy atom. The van der Waals surface area contributed by atoms with E-state index in [1.807, 2.05) is 45.0 Å². The van der Waals surface area contributed by atoms with Crippen LogP contribution in [-0.2, 0) is 16.1 Å². The molecular weight excluding hydrogens is 342 g/mol. The summed E-state index contributed by atoms with van der Waals surface area (Å²) in [4.78, 5) is 36.6. The Morgan fingerprint density at radius 3 is 2.33 bits per heavy atom. The predicted octanol–water partition coefficient (Wildman–Crippen LogP) is 2.78. The second kappa shape index (κ2) is 9.52. The van der Waals surface area contributed by atoms with Crippen molar-refractivity contribution >= 4 is 23.4 Å². The first-order valence-electron chi connectivity index (χ1n) is 8.96. The van der Waals surface area contributed by atoms with Gasteiger partial charge in [-0.2, -0.15) is 0 Å². The highest BCUT2D eigenvalue weighted by Gasteiger charge is 2.18. The second-order valence-corrected chi connectivity index (χ2v) is 6.39. The summed E-state index contributed by atoms with van der Waals surface area (Å²) in [5, 5.41) is 7.97. The van der Waals surface area contributed by atoms with E-state index in [-0.39, 0.29) is 11.9 Å². The number of hydrogen-bond donors (Lipinski definition) is 3. The van der Waals surface area contributed by atoms with Crippen molar-refractivity contribution in [2.24, 2.45) is 0 Å². The third-order valence-corrected chi connectivity index (χ3v) is 4.32. The first-order valence-corrected chi connectivity index (χ1v) is 8.96. The monoisotopic (exact) mass is 367 g/mol. The summed E-state index contributed by atoms with van der Waals surface area (Å²) in [6.45, 7) is 6.09. The molecule has 0 saturated heterocycles. The summed E-state index contributed by atoms with van der Waals surface area (Å²) < 4.78 is 0. The van der Waals surface area contributed by atoms with E-state index in [1.54, 1.807) is 24.3 Å². The summed E-state index contributed by atoms with van der Waals surface area (Å²) >= 11 is 0. The minimum Gasteiger partial charge on any atom is -0.348 e. The molecule has 0 aromatic heterocycles. The van der Waals surface area contributed by atoms with Gasteiger partial charge in [-0.25, -0.2) is 0 Å². The highest BCUT2D eigenvalue weighted by atomic mass is 16.2. The fourth-order valence-electron chi connectivity index (χ4n) is 2.44. The van der Waals surface area contributed by atoms with Crippen molar-refractivity contribution in [3.05, 3.63) is 65.2 Å². The Morgan fingerprint density at radius 1 is 0.963 bits per heavy atom. The Balaban J connectivity index is 2.06. The van der Waals surface area contributed by atoms with Gasteiger partial charge in [0.1, 0.15) is 0 Å². The lowest BCUT2D eigenvalue weighted by Crippen LogP contribution is -2.40. The molecular formula is C21H25N3O3. The van der Waals surface area contributed by atoms with E-state index in [0.717, 1.165) is 17.5 Å². The third kappa shape index (κ3) is 5.67. The first-order chi connectivity index (χ1) is 12.9. The molecule has 0 heterocycles. The number of aryl methyl sites for hydroxylation is 1. The molecule has 0 spiro atoms. The number of nitrogens with one attached hydrogen (secondary N) is 3. The van der Waals surface area contributed by atoms with Crippen LogP contribution in [0.2, 0.25) is 0 Å². The minimum absolute atomic E-state index is 0.101. The molecule has 0 fully saturated rings. The summed E-state index contributed by atoms with van der Waals surface area (Å²) in [5.74, 6) is -1.84. The molecule has 1 atom stereocenters. The van der Waals surface area contributed by atoms with Gasteiger partial charge in [0.05, 0.1) is 11.3 Å². The fourth-order valence-corrected chi connectivity index (χ4v) is 2.44. The third-order valence-electron chi connectivity index (χ3n) is 4.32. The van der Waals surface area contributed by atoms with Crippen LogP contribution in [0.1, 0.15) is 41.8 Å². The molecule has 0 bridgehead atoms. The minimum atomic E-state index is -0.797. The maximum absolute atomic E-state index is 12.6. The number of rotatable bonds is 6. The molecule has 2 aromatic carbocycles. The Hall–Kier alpha value is -3.15. The number of carbonyl (C=O) groups excluding carboxylic acids is 3. The number of para-hydroxylation sites is 1. The van der Waals surface area contributed by atoms with E-state index in [9.17, 15) is 14.4 Å². The molecule has 27 heavy (non-hydrogen) atoms. The van der Waals surface area contributed by atoms with Crippen LogP contribution in [0.15, 0.2) is 48.5 Å². The summed E-state index contributed by atoms with van der Waals surface area (Å²) in [6.07, 6.45) is 0.719. The zero-order chi connectivity index (χ0) is 19.8. The fraction of sp³-hybridized carbons (Fsp3) is 0.286. The van der Waals surface area contributed by atoms with Gasteiger partial charge in [-0.15, -0.1) is 0 Å². The lowest BCUT2D eigenvalue weighted by Gasteiger charge is -2.14. The number of benzene rings is 2. The van der Waals surface area contributed by atoms with E-state index in [2.05, 4.69) is 16.0 Å². The van der Waals surface area contributed by atoms with Crippen molar-refractivity contribution in [2.45, 2.75) is 39.8 Å². The van der Waals surface area contributed by atoms with Crippen LogP contribution in [-0.4, -0.2) is 23.8 Å². The molecule has 6 heteroatoms. The number of amides is 3. The Bertz CT molecular complexity index is 833. The van der Waals surface area contributed by atoms with Crippen LogP contribution in [0.5, 0.6) is 0 Å². The number of anilines is 1. The van der Waals surface area contributed by atoms with Crippen LogP contribution in [0.4, 0.5) is 5.69 Å². The zero-order valence-electron chi connectivity index (χ0n) is 15.8. The van der Waals surface area contributed by atoms with Gasteiger partial charge in [-0.3, -0.25) is 14.4 Å². The largest absolute Gasteiger partial charge is 0.348 e. The smallest absolute Gasteiger partial charge is 0.313 e. The predicted molar refractivity (Wildman–Crippen MR) is 105 cm³/mol. The lowest BCUT2D eigenvalue weighted by atomic mass is 10.1. The van der Waals surface area contributed by atoms with Gasteiger partial charge in [-0.05, 0) is 43.5 Å². The highest BCUT2D eigenvalue weighted by molar-refractivity contribution is 6.40. The quantitative estimate of drug-likeness (QED) is 0.686. The molecule has 0 aliphatic heterocycles. The number of hydrogen-bond acceptors (Lipinski definition) is 3. The topological polar surface area (TPSA) is 87.3 Å². The molecule has 2 rings (SSSR count). The average molecular weight is 367 g/mol. The molecule has 3 amide bonds. The summed E-state index contributed by atoms with van der Waals surface area (Å²) in [5.41, 5.74) is 2.70. The molecule has 0 radical (unpaired) electrons. The Labute approximate surface area is 159 Å². The maximum atomic E-state index is 12.6. The summed E-state index contributed by atoms with van der Waals surface area (Å²) in [6, 6.07) is 14.3. The van der Waals surface area contributed by atoms with Crippen LogP contribution in [0.3, 0.4) is 0 Å². The van der Waals surface area contributed by atoms with Gasteiger partial charge >= 0.3 is 11.8 Å². The molecule has 142 valence electrons. The van der Waals surface area contributed by atoms with Crippen LogP contribution in [0.25, 0.3) is 0 Å². The van der Waals surface area contributed by atoms with Crippen molar-refractivity contribution in [1.29, 1.82) is 0 Å². The van der Waals surface area contributed by atoms with Crippen LogP contribution >= 0.6 is 0 Å². The molecule has 2 aromatic rings. The van der Waals surface area contributed by atoms with E-state index < -0.39 is 11.8 Å². The van der Waals surface area contributed by atoms with Gasteiger partial charge in [0.25, 0.3) is 5.91 Å². The van der Waals surface area contributed by atoms with Gasteiger partial charge in [0, 0.05) is 12.6 Å². The second-order valence-electron chi connectivity index (χ2n) is 6.39. The number of carbonyl (C=O) groups is 3. The maximum Gasteiger partial charge on any atom is 0.313 e. The van der Waals surface area contributed by atoms with E-state index >= 15 is 0 Å². The SMILES string of the molecule is CC[C@H](C)NC(=O)C(=O)Nc1ccccc1C(=O)NCc1ccccc1C.